The van der Waals surface area contributed by atoms with E-state index in [1.54, 1.807) is 7.05 Å². The number of furan rings is 1. The molecule has 1 aliphatic heterocycles. The van der Waals surface area contributed by atoms with Gasteiger partial charge >= 0.3 is 0 Å². The molecule has 8 heteroatoms. The summed E-state index contributed by atoms with van der Waals surface area (Å²) in [5.41, 5.74) is -0.598. The zero-order valence-electron chi connectivity index (χ0n) is 11.7. The molecule has 0 saturated carbocycles. The molecule has 1 saturated heterocycles. The number of halogens is 1. The van der Waals surface area contributed by atoms with Crippen molar-refractivity contribution in [2.24, 2.45) is 0 Å². The van der Waals surface area contributed by atoms with E-state index in [2.05, 4.69) is 26.0 Å². The van der Waals surface area contributed by atoms with Gasteiger partial charge < -0.3 is 14.5 Å². The summed E-state index contributed by atoms with van der Waals surface area (Å²) in [6, 6.07) is 1.52. The molecule has 1 fully saturated rings. The van der Waals surface area contributed by atoms with E-state index >= 15 is 0 Å². The number of hydrogen-bond donors (Lipinski definition) is 2. The Morgan fingerprint density at radius 1 is 1.55 bits per heavy atom. The minimum Gasteiger partial charge on any atom is -0.452 e. The highest BCUT2D eigenvalue weighted by atomic mass is 79.9. The SMILES string of the molecule is CNCc1cc(S(=O)(=O)NC2(C)CCOC2C)c(Br)o1. The zero-order chi connectivity index (χ0) is 15.0. The molecule has 2 unspecified atom stereocenters. The van der Waals surface area contributed by atoms with Crippen LogP contribution in [-0.4, -0.2) is 33.7 Å². The molecule has 0 aromatic carbocycles. The smallest absolute Gasteiger partial charge is 0.245 e. The van der Waals surface area contributed by atoms with Gasteiger partial charge in [-0.05, 0) is 43.2 Å². The highest BCUT2D eigenvalue weighted by Crippen LogP contribution is 2.31. The zero-order valence-corrected chi connectivity index (χ0v) is 14.1. The maximum Gasteiger partial charge on any atom is 0.245 e. The summed E-state index contributed by atoms with van der Waals surface area (Å²) >= 11 is 3.16. The van der Waals surface area contributed by atoms with Gasteiger partial charge in [-0.25, -0.2) is 13.1 Å². The van der Waals surface area contributed by atoms with E-state index in [0.717, 1.165) is 0 Å². The normalized spacial score (nSPS) is 27.1. The molecule has 2 heterocycles. The Balaban J connectivity index is 2.26. The van der Waals surface area contributed by atoms with Gasteiger partial charge in [0.15, 0.2) is 4.67 Å². The van der Waals surface area contributed by atoms with Crippen molar-refractivity contribution in [1.29, 1.82) is 0 Å². The van der Waals surface area contributed by atoms with Crippen LogP contribution in [0.4, 0.5) is 0 Å². The van der Waals surface area contributed by atoms with Crippen molar-refractivity contribution in [2.45, 2.75) is 43.4 Å². The maximum atomic E-state index is 12.5. The topological polar surface area (TPSA) is 80.6 Å². The Labute approximate surface area is 127 Å². The lowest BCUT2D eigenvalue weighted by molar-refractivity contribution is 0.0957. The quantitative estimate of drug-likeness (QED) is 0.827. The number of rotatable bonds is 5. The first-order valence-corrected chi connectivity index (χ1v) is 8.64. The molecule has 6 nitrogen and oxygen atoms in total. The second kappa shape index (κ2) is 5.76. The van der Waals surface area contributed by atoms with Crippen LogP contribution >= 0.6 is 15.9 Å². The summed E-state index contributed by atoms with van der Waals surface area (Å²) in [5, 5.41) is 2.91. The standard InChI is InChI=1S/C12H19BrN2O4S/c1-8-12(2,4-5-18-8)15-20(16,17)10-6-9(7-14-3)19-11(10)13/h6,8,14-15H,4-5,7H2,1-3H3. The van der Waals surface area contributed by atoms with Gasteiger partial charge in [0, 0.05) is 12.7 Å². The van der Waals surface area contributed by atoms with Crippen LogP contribution in [0.5, 0.6) is 0 Å². The Bertz CT molecular complexity index is 586. The number of hydrogen-bond acceptors (Lipinski definition) is 5. The Morgan fingerprint density at radius 3 is 2.80 bits per heavy atom. The van der Waals surface area contributed by atoms with Crippen molar-refractivity contribution in [3.63, 3.8) is 0 Å². The van der Waals surface area contributed by atoms with Crippen molar-refractivity contribution in [3.8, 4) is 0 Å². The molecule has 0 radical (unpaired) electrons. The highest BCUT2D eigenvalue weighted by molar-refractivity contribution is 9.10. The largest absolute Gasteiger partial charge is 0.452 e. The van der Waals surface area contributed by atoms with E-state index < -0.39 is 15.6 Å². The molecule has 1 aromatic heterocycles. The Kier molecular flexibility index (Phi) is 4.60. The lowest BCUT2D eigenvalue weighted by atomic mass is 9.97. The van der Waals surface area contributed by atoms with Crippen LogP contribution in [0.1, 0.15) is 26.0 Å². The molecule has 20 heavy (non-hydrogen) atoms. The van der Waals surface area contributed by atoms with E-state index in [1.165, 1.54) is 6.07 Å². The predicted octanol–water partition coefficient (Wildman–Crippen LogP) is 1.61. The first-order chi connectivity index (χ1) is 9.28. The number of ether oxygens (including phenoxy) is 1. The van der Waals surface area contributed by atoms with Crippen molar-refractivity contribution in [3.05, 3.63) is 16.5 Å². The summed E-state index contributed by atoms with van der Waals surface area (Å²) in [7, 11) is -1.90. The molecular formula is C12H19BrN2O4S. The fourth-order valence-electron chi connectivity index (χ4n) is 2.17. The van der Waals surface area contributed by atoms with Gasteiger partial charge in [0.2, 0.25) is 10.0 Å². The van der Waals surface area contributed by atoms with Gasteiger partial charge in [0.1, 0.15) is 10.7 Å². The molecule has 114 valence electrons. The predicted molar refractivity (Wildman–Crippen MR) is 77.9 cm³/mol. The molecule has 0 bridgehead atoms. The third kappa shape index (κ3) is 3.09. The van der Waals surface area contributed by atoms with Crippen LogP contribution in [-0.2, 0) is 21.3 Å². The third-order valence-electron chi connectivity index (χ3n) is 3.60. The lowest BCUT2D eigenvalue weighted by Crippen LogP contribution is -2.50. The Morgan fingerprint density at radius 2 is 2.25 bits per heavy atom. The molecule has 1 aliphatic rings. The molecular weight excluding hydrogens is 348 g/mol. The van der Waals surface area contributed by atoms with Gasteiger partial charge in [0.25, 0.3) is 0 Å². The lowest BCUT2D eigenvalue weighted by Gasteiger charge is -2.28. The van der Waals surface area contributed by atoms with Gasteiger partial charge in [-0.3, -0.25) is 0 Å². The number of nitrogens with one attached hydrogen (secondary N) is 2. The monoisotopic (exact) mass is 366 g/mol. The van der Waals surface area contributed by atoms with Crippen LogP contribution in [0.3, 0.4) is 0 Å². The van der Waals surface area contributed by atoms with Gasteiger partial charge in [-0.2, -0.15) is 0 Å². The Hall–Kier alpha value is -0.410. The first-order valence-electron chi connectivity index (χ1n) is 6.37. The van der Waals surface area contributed by atoms with Crippen LogP contribution in [0.2, 0.25) is 0 Å². The van der Waals surface area contributed by atoms with E-state index in [-0.39, 0.29) is 15.7 Å². The van der Waals surface area contributed by atoms with Gasteiger partial charge in [0.05, 0.1) is 18.2 Å². The van der Waals surface area contributed by atoms with Crippen molar-refractivity contribution < 1.29 is 17.6 Å². The fraction of sp³-hybridized carbons (Fsp3) is 0.667. The van der Waals surface area contributed by atoms with E-state index in [0.29, 0.717) is 25.3 Å². The molecule has 0 amide bonds. The van der Waals surface area contributed by atoms with Gasteiger partial charge in [-0.15, -0.1) is 0 Å². The van der Waals surface area contributed by atoms with Crippen LogP contribution < -0.4 is 10.0 Å². The highest BCUT2D eigenvalue weighted by Gasteiger charge is 2.41. The van der Waals surface area contributed by atoms with Crippen molar-refractivity contribution >= 4 is 26.0 Å². The fourth-order valence-corrected chi connectivity index (χ4v) is 4.67. The third-order valence-corrected chi connectivity index (χ3v) is 6.07. The van der Waals surface area contributed by atoms with E-state index in [9.17, 15) is 8.42 Å². The summed E-state index contributed by atoms with van der Waals surface area (Å²) in [5.74, 6) is 0.556. The van der Waals surface area contributed by atoms with Crippen LogP contribution in [0.15, 0.2) is 20.0 Å². The molecule has 2 atom stereocenters. The average Bonchev–Trinajstić information content (AvgIpc) is 2.84. The molecule has 2 N–H and O–H groups in total. The van der Waals surface area contributed by atoms with E-state index in [1.807, 2.05) is 13.8 Å². The second-order valence-corrected chi connectivity index (χ2v) is 7.54. The summed E-state index contributed by atoms with van der Waals surface area (Å²) in [4.78, 5) is 0.114. The summed E-state index contributed by atoms with van der Waals surface area (Å²) in [6.07, 6.45) is 0.478. The molecule has 2 rings (SSSR count). The minimum atomic E-state index is -3.66. The van der Waals surface area contributed by atoms with Crippen molar-refractivity contribution in [2.75, 3.05) is 13.7 Å². The minimum absolute atomic E-state index is 0.114. The first kappa shape index (κ1) is 16.0. The number of sulfonamides is 1. The summed E-state index contributed by atoms with van der Waals surface area (Å²) < 4.78 is 38.8. The van der Waals surface area contributed by atoms with E-state index in [4.69, 9.17) is 9.15 Å². The summed E-state index contributed by atoms with van der Waals surface area (Å²) in [6.45, 7) is 4.74. The molecule has 0 aliphatic carbocycles. The second-order valence-electron chi connectivity index (χ2n) is 5.17. The molecule has 0 spiro atoms. The maximum absolute atomic E-state index is 12.5. The van der Waals surface area contributed by atoms with Crippen LogP contribution in [0.25, 0.3) is 0 Å². The van der Waals surface area contributed by atoms with Gasteiger partial charge in [-0.1, -0.05) is 0 Å². The average molecular weight is 367 g/mol. The van der Waals surface area contributed by atoms with Crippen LogP contribution in [0, 0.1) is 0 Å². The van der Waals surface area contributed by atoms with Crippen molar-refractivity contribution in [1.82, 2.24) is 10.0 Å². The molecule has 1 aromatic rings.